The van der Waals surface area contributed by atoms with Crippen LogP contribution in [-0.2, 0) is 0 Å². The third kappa shape index (κ3) is 2.59. The van der Waals surface area contributed by atoms with Crippen LogP contribution in [0, 0.1) is 23.5 Å². The summed E-state index contributed by atoms with van der Waals surface area (Å²) in [6.45, 7) is -0.0953. The van der Waals surface area contributed by atoms with Crippen molar-refractivity contribution in [2.45, 2.75) is 0 Å². The van der Waals surface area contributed by atoms with Gasteiger partial charge < -0.3 is 5.73 Å². The van der Waals surface area contributed by atoms with Gasteiger partial charge in [0.1, 0.15) is 0 Å². The molecule has 0 heterocycles. The molecule has 1 aromatic carbocycles. The van der Waals surface area contributed by atoms with E-state index in [0.29, 0.717) is 0 Å². The van der Waals surface area contributed by atoms with Gasteiger partial charge >= 0.3 is 0 Å². The largest absolute Gasteiger partial charge is 0.396 e. The van der Waals surface area contributed by atoms with Crippen LogP contribution in [0.2, 0.25) is 0 Å². The van der Waals surface area contributed by atoms with E-state index in [1.54, 1.807) is 0 Å². The van der Waals surface area contributed by atoms with E-state index in [1.807, 2.05) is 0 Å². The van der Waals surface area contributed by atoms with E-state index in [-0.39, 0.29) is 17.8 Å². The molecule has 0 aliphatic carbocycles. The predicted octanol–water partition coefficient (Wildman–Crippen LogP) is 2.21. The van der Waals surface area contributed by atoms with Crippen molar-refractivity contribution in [3.63, 3.8) is 0 Å². The van der Waals surface area contributed by atoms with Gasteiger partial charge in [0.25, 0.3) is 0 Å². The predicted molar refractivity (Wildman–Crippen MR) is 51.7 cm³/mol. The molecule has 0 bridgehead atoms. The highest BCUT2D eigenvalue weighted by atomic mass is 19.2. The topological polar surface area (TPSA) is 74.8 Å². The summed E-state index contributed by atoms with van der Waals surface area (Å²) in [7, 11) is 0. The van der Waals surface area contributed by atoms with Gasteiger partial charge in [-0.1, -0.05) is 17.0 Å². The maximum atomic E-state index is 13.1. The molecule has 1 rings (SSSR count). The molecule has 0 aliphatic heterocycles. The van der Waals surface area contributed by atoms with Crippen LogP contribution >= 0.6 is 0 Å². The SMILES string of the molecule is [N-]=[N+]=NCC#Cc1ccc(N)c(F)c1F. The van der Waals surface area contributed by atoms with E-state index < -0.39 is 11.6 Å². The molecular formula is C9H6F2N4. The molecule has 0 aromatic heterocycles. The highest BCUT2D eigenvalue weighted by Crippen LogP contribution is 2.16. The lowest BCUT2D eigenvalue weighted by atomic mass is 10.2. The van der Waals surface area contributed by atoms with Crippen molar-refractivity contribution >= 4 is 5.69 Å². The number of halogens is 2. The van der Waals surface area contributed by atoms with Crippen LogP contribution in [0.15, 0.2) is 17.2 Å². The fraction of sp³-hybridized carbons (Fsp3) is 0.111. The lowest BCUT2D eigenvalue weighted by Crippen LogP contribution is -1.96. The van der Waals surface area contributed by atoms with E-state index in [0.717, 1.165) is 0 Å². The highest BCUT2D eigenvalue weighted by molar-refractivity contribution is 5.47. The molecule has 76 valence electrons. The van der Waals surface area contributed by atoms with Crippen molar-refractivity contribution in [1.82, 2.24) is 0 Å². The molecular weight excluding hydrogens is 202 g/mol. The zero-order valence-corrected chi connectivity index (χ0v) is 7.54. The first kappa shape index (κ1) is 10.8. The Morgan fingerprint density at radius 3 is 2.80 bits per heavy atom. The van der Waals surface area contributed by atoms with E-state index in [2.05, 4.69) is 21.9 Å². The minimum Gasteiger partial charge on any atom is -0.396 e. The highest BCUT2D eigenvalue weighted by Gasteiger charge is 2.09. The van der Waals surface area contributed by atoms with Gasteiger partial charge in [-0.3, -0.25) is 0 Å². The molecule has 6 heteroatoms. The van der Waals surface area contributed by atoms with Crippen LogP contribution in [0.1, 0.15) is 5.56 Å². The van der Waals surface area contributed by atoms with Crippen molar-refractivity contribution in [2.75, 3.05) is 12.3 Å². The summed E-state index contributed by atoms with van der Waals surface area (Å²) in [6, 6.07) is 2.48. The molecule has 0 amide bonds. The maximum absolute atomic E-state index is 13.1. The van der Waals surface area contributed by atoms with E-state index in [9.17, 15) is 8.78 Å². The van der Waals surface area contributed by atoms with Crippen LogP contribution in [0.25, 0.3) is 10.4 Å². The number of hydrogen-bond donors (Lipinski definition) is 1. The monoisotopic (exact) mass is 208 g/mol. The Bertz CT molecular complexity index is 481. The lowest BCUT2D eigenvalue weighted by Gasteiger charge is -1.98. The number of azide groups is 1. The summed E-state index contributed by atoms with van der Waals surface area (Å²) < 4.78 is 26.0. The average Bonchev–Trinajstić information content (AvgIpc) is 2.24. The molecule has 0 spiro atoms. The van der Waals surface area contributed by atoms with Gasteiger partial charge in [0, 0.05) is 4.91 Å². The minimum atomic E-state index is -1.12. The van der Waals surface area contributed by atoms with Crippen LogP contribution in [0.5, 0.6) is 0 Å². The summed E-state index contributed by atoms with van der Waals surface area (Å²) in [5, 5.41) is 3.12. The van der Waals surface area contributed by atoms with Crippen LogP contribution in [0.3, 0.4) is 0 Å². The Kier molecular flexibility index (Phi) is 3.49. The molecule has 0 saturated heterocycles. The molecule has 4 nitrogen and oxygen atoms in total. The van der Waals surface area contributed by atoms with Gasteiger partial charge in [0.05, 0.1) is 17.8 Å². The standard InChI is InChI=1S/C9H6F2N4/c10-8-6(2-1-5-14-15-13)3-4-7(12)9(8)11/h3-4H,5,12H2. The minimum absolute atomic E-state index is 0.0953. The number of nitrogens with two attached hydrogens (primary N) is 1. The van der Waals surface area contributed by atoms with Crippen molar-refractivity contribution in [2.24, 2.45) is 5.11 Å². The number of hydrogen-bond acceptors (Lipinski definition) is 2. The first-order valence-corrected chi connectivity index (χ1v) is 3.90. The second-order valence-corrected chi connectivity index (χ2v) is 2.52. The number of anilines is 1. The second kappa shape index (κ2) is 4.84. The maximum Gasteiger partial charge on any atom is 0.182 e. The average molecular weight is 208 g/mol. The molecule has 0 radical (unpaired) electrons. The molecule has 0 atom stereocenters. The second-order valence-electron chi connectivity index (χ2n) is 2.52. The molecule has 1 aromatic rings. The zero-order valence-electron chi connectivity index (χ0n) is 7.54. The summed E-state index contributed by atoms with van der Waals surface area (Å²) in [6.07, 6.45) is 0. The number of nitrogens with zero attached hydrogens (tertiary/aromatic N) is 3. The zero-order chi connectivity index (χ0) is 11.3. The molecule has 0 fully saturated rings. The van der Waals surface area contributed by atoms with Crippen molar-refractivity contribution in [3.8, 4) is 11.8 Å². The number of rotatable bonds is 1. The normalized spacial score (nSPS) is 8.67. The molecule has 0 aliphatic rings. The fourth-order valence-electron chi connectivity index (χ4n) is 0.863. The Balaban J connectivity index is 2.99. The molecule has 0 saturated carbocycles. The van der Waals surface area contributed by atoms with Gasteiger partial charge in [-0.15, -0.1) is 0 Å². The van der Waals surface area contributed by atoms with Crippen LogP contribution in [-0.4, -0.2) is 6.54 Å². The van der Waals surface area contributed by atoms with Crippen molar-refractivity contribution in [3.05, 3.63) is 39.8 Å². The third-order valence-corrected chi connectivity index (χ3v) is 1.55. The van der Waals surface area contributed by atoms with Gasteiger partial charge in [0.15, 0.2) is 11.6 Å². The van der Waals surface area contributed by atoms with Gasteiger partial charge in [-0.25, -0.2) is 8.78 Å². The van der Waals surface area contributed by atoms with E-state index >= 15 is 0 Å². The number of benzene rings is 1. The Morgan fingerprint density at radius 2 is 2.13 bits per heavy atom. The van der Waals surface area contributed by atoms with E-state index in [1.165, 1.54) is 12.1 Å². The lowest BCUT2D eigenvalue weighted by molar-refractivity contribution is 0.510. The molecule has 2 N–H and O–H groups in total. The van der Waals surface area contributed by atoms with Crippen molar-refractivity contribution < 1.29 is 8.78 Å². The molecule has 0 unspecified atom stereocenters. The quantitative estimate of drug-likeness (QED) is 0.248. The summed E-state index contributed by atoms with van der Waals surface area (Å²) in [5.74, 6) is 2.49. The van der Waals surface area contributed by atoms with Gasteiger partial charge in [0.2, 0.25) is 0 Å². The smallest absolute Gasteiger partial charge is 0.182 e. The summed E-state index contributed by atoms with van der Waals surface area (Å²) in [4.78, 5) is 2.46. The van der Waals surface area contributed by atoms with Crippen LogP contribution in [0.4, 0.5) is 14.5 Å². The first-order valence-electron chi connectivity index (χ1n) is 3.90. The molecule has 15 heavy (non-hydrogen) atoms. The van der Waals surface area contributed by atoms with Gasteiger partial charge in [-0.05, 0) is 17.7 Å². The summed E-state index contributed by atoms with van der Waals surface area (Å²) >= 11 is 0. The Hall–Kier alpha value is -2.25. The summed E-state index contributed by atoms with van der Waals surface area (Å²) in [5.41, 5.74) is 12.7. The van der Waals surface area contributed by atoms with Crippen molar-refractivity contribution in [1.29, 1.82) is 0 Å². The first-order chi connectivity index (χ1) is 7.16. The fourth-order valence-corrected chi connectivity index (χ4v) is 0.863. The Morgan fingerprint density at radius 1 is 1.40 bits per heavy atom. The van der Waals surface area contributed by atoms with Crippen LogP contribution < -0.4 is 5.73 Å². The Labute approximate surface area is 84.3 Å². The third-order valence-electron chi connectivity index (χ3n) is 1.55. The van der Waals surface area contributed by atoms with Gasteiger partial charge in [-0.2, -0.15) is 0 Å². The number of nitrogen functional groups attached to an aromatic ring is 1. The van der Waals surface area contributed by atoms with E-state index in [4.69, 9.17) is 11.3 Å².